The smallest absolute Gasteiger partial charge is 0.347 e. The van der Waals surface area contributed by atoms with Gasteiger partial charge in [0.2, 0.25) is 0 Å². The average molecular weight is 406 g/mol. The topological polar surface area (TPSA) is 122 Å². The number of carbonyl (C=O) groups is 4. The molecule has 0 aliphatic carbocycles. The van der Waals surface area contributed by atoms with Crippen molar-refractivity contribution >= 4 is 35.5 Å². The number of carboxylic acids is 1. The van der Waals surface area contributed by atoms with Gasteiger partial charge in [-0.1, -0.05) is 18.2 Å². The van der Waals surface area contributed by atoms with Crippen molar-refractivity contribution in [2.75, 3.05) is 13.7 Å². The third kappa shape index (κ3) is 3.19. The zero-order valence-electron chi connectivity index (χ0n) is 15.1. The summed E-state index contributed by atoms with van der Waals surface area (Å²) < 4.78 is 9.97. The molecule has 28 heavy (non-hydrogen) atoms. The molecule has 2 N–H and O–H groups in total. The number of nitrogens with zero attached hydrogens (tertiary/aromatic N) is 1. The fraction of sp³-hybridized carbons (Fsp3) is 0.333. The molecule has 148 valence electrons. The normalized spacial score (nSPS) is 25.7. The molecular weight excluding hydrogens is 388 g/mol. The summed E-state index contributed by atoms with van der Waals surface area (Å²) in [6, 6.07) is 7.72. The molecule has 2 heterocycles. The molecule has 1 aromatic rings. The number of β-lactam (4-membered cyclic amide) rings is 1. The number of amides is 2. The van der Waals surface area contributed by atoms with Gasteiger partial charge in [0, 0.05) is 0 Å². The van der Waals surface area contributed by atoms with Gasteiger partial charge in [0.15, 0.2) is 6.61 Å². The molecule has 0 radical (unpaired) electrons. The predicted molar refractivity (Wildman–Crippen MR) is 98.2 cm³/mol. The fourth-order valence-corrected chi connectivity index (χ4v) is 4.44. The zero-order chi connectivity index (χ0) is 20.5. The number of nitrogens with one attached hydrogen (secondary N) is 1. The molecule has 1 fully saturated rings. The number of hydrogen-bond donors (Lipinski definition) is 2. The average Bonchev–Trinajstić information content (AvgIpc) is 2.69. The van der Waals surface area contributed by atoms with Gasteiger partial charge in [-0.25, -0.2) is 9.59 Å². The van der Waals surface area contributed by atoms with E-state index in [4.69, 9.17) is 4.74 Å². The molecule has 9 nitrogen and oxygen atoms in total. The molecule has 0 spiro atoms. The van der Waals surface area contributed by atoms with Gasteiger partial charge in [-0.2, -0.15) is 0 Å². The largest absolute Gasteiger partial charge is 0.484 e. The molecule has 2 aliphatic heterocycles. The maximum atomic E-state index is 12.6. The van der Waals surface area contributed by atoms with Crippen molar-refractivity contribution < 1.29 is 33.8 Å². The highest BCUT2D eigenvalue weighted by atomic mass is 32.2. The lowest BCUT2D eigenvalue weighted by molar-refractivity contribution is -0.180. The van der Waals surface area contributed by atoms with Crippen molar-refractivity contribution in [3.8, 4) is 5.75 Å². The van der Waals surface area contributed by atoms with E-state index >= 15 is 0 Å². The van der Waals surface area contributed by atoms with E-state index in [1.54, 1.807) is 37.3 Å². The van der Waals surface area contributed by atoms with Gasteiger partial charge < -0.3 is 19.9 Å². The van der Waals surface area contributed by atoms with E-state index in [1.165, 1.54) is 17.8 Å². The number of ether oxygens (including phenoxy) is 2. The number of fused-ring (bicyclic) bond motifs is 1. The number of hydrogen-bond acceptors (Lipinski definition) is 7. The van der Waals surface area contributed by atoms with E-state index in [-0.39, 0.29) is 6.61 Å². The number of esters is 1. The Morgan fingerprint density at radius 2 is 1.96 bits per heavy atom. The third-order valence-electron chi connectivity index (χ3n) is 4.39. The molecule has 0 unspecified atom stereocenters. The molecule has 10 heteroatoms. The SMILES string of the molecule is COC(=O)[C@]1(C(=O)O)C=C(C)S[C@@H]2[C@H](NC(=O)COc3ccccc3)C(=O)N21. The summed E-state index contributed by atoms with van der Waals surface area (Å²) in [5.41, 5.74) is -2.24. The number of para-hydroxylation sites is 1. The molecule has 2 aliphatic rings. The minimum Gasteiger partial charge on any atom is -0.484 e. The van der Waals surface area contributed by atoms with Crippen LogP contribution in [0.15, 0.2) is 41.3 Å². The minimum atomic E-state index is -2.24. The number of carbonyl (C=O) groups excluding carboxylic acids is 3. The van der Waals surface area contributed by atoms with Crippen LogP contribution in [0.25, 0.3) is 0 Å². The summed E-state index contributed by atoms with van der Waals surface area (Å²) in [4.78, 5) is 50.4. The third-order valence-corrected chi connectivity index (χ3v) is 5.61. The second-order valence-electron chi connectivity index (χ2n) is 6.18. The summed E-state index contributed by atoms with van der Waals surface area (Å²) in [5.74, 6) is -3.30. The Bertz CT molecular complexity index is 857. The number of methoxy groups -OCH3 is 1. The van der Waals surface area contributed by atoms with Gasteiger partial charge in [-0.3, -0.25) is 14.5 Å². The summed E-state index contributed by atoms with van der Waals surface area (Å²) in [7, 11) is 1.05. The van der Waals surface area contributed by atoms with E-state index in [9.17, 15) is 24.3 Å². The first-order chi connectivity index (χ1) is 13.3. The Morgan fingerprint density at radius 3 is 2.57 bits per heavy atom. The highest BCUT2D eigenvalue weighted by Crippen LogP contribution is 2.46. The van der Waals surface area contributed by atoms with E-state index in [0.29, 0.717) is 10.7 Å². The molecular formula is C18H18N2O7S. The van der Waals surface area contributed by atoms with Crippen LogP contribution in [0.3, 0.4) is 0 Å². The van der Waals surface area contributed by atoms with Gasteiger partial charge in [-0.15, -0.1) is 11.8 Å². The van der Waals surface area contributed by atoms with E-state index in [1.807, 2.05) is 0 Å². The van der Waals surface area contributed by atoms with E-state index in [2.05, 4.69) is 10.1 Å². The Hall–Kier alpha value is -3.01. The van der Waals surface area contributed by atoms with Crippen molar-refractivity contribution in [3.63, 3.8) is 0 Å². The van der Waals surface area contributed by atoms with Crippen LogP contribution >= 0.6 is 11.8 Å². The van der Waals surface area contributed by atoms with Crippen molar-refractivity contribution in [1.29, 1.82) is 0 Å². The zero-order valence-corrected chi connectivity index (χ0v) is 15.9. The monoisotopic (exact) mass is 406 g/mol. The van der Waals surface area contributed by atoms with Crippen LogP contribution < -0.4 is 10.1 Å². The van der Waals surface area contributed by atoms with Gasteiger partial charge in [0.05, 0.1) is 7.11 Å². The number of aliphatic carboxylic acids is 1. The molecule has 3 rings (SSSR count). The second kappa shape index (κ2) is 7.55. The van der Waals surface area contributed by atoms with Crippen LogP contribution in [-0.2, 0) is 23.9 Å². The summed E-state index contributed by atoms with van der Waals surface area (Å²) in [6.45, 7) is 1.32. The molecule has 0 saturated carbocycles. The van der Waals surface area contributed by atoms with Crippen LogP contribution in [0.5, 0.6) is 5.75 Å². The number of rotatable bonds is 6. The quantitative estimate of drug-likeness (QED) is 0.395. The highest BCUT2D eigenvalue weighted by Gasteiger charge is 2.66. The lowest BCUT2D eigenvalue weighted by Crippen LogP contribution is -2.79. The number of thioether (sulfide) groups is 1. The first kappa shape index (κ1) is 19.7. The summed E-state index contributed by atoms with van der Waals surface area (Å²) in [5, 5.41) is 11.5. The van der Waals surface area contributed by atoms with Crippen LogP contribution in [0.2, 0.25) is 0 Å². The number of benzene rings is 1. The summed E-state index contributed by atoms with van der Waals surface area (Å²) >= 11 is 1.19. The first-order valence-corrected chi connectivity index (χ1v) is 9.17. The van der Waals surface area contributed by atoms with Crippen molar-refractivity contribution in [2.24, 2.45) is 0 Å². The van der Waals surface area contributed by atoms with Crippen molar-refractivity contribution in [3.05, 3.63) is 41.3 Å². The molecule has 2 amide bonds. The Morgan fingerprint density at radius 1 is 1.29 bits per heavy atom. The second-order valence-corrected chi connectivity index (χ2v) is 7.54. The van der Waals surface area contributed by atoms with Gasteiger partial charge in [0.25, 0.3) is 17.4 Å². The maximum Gasteiger partial charge on any atom is 0.347 e. The van der Waals surface area contributed by atoms with Crippen LogP contribution in [0.4, 0.5) is 0 Å². The molecule has 1 aromatic carbocycles. The van der Waals surface area contributed by atoms with Crippen molar-refractivity contribution in [2.45, 2.75) is 23.9 Å². The first-order valence-electron chi connectivity index (χ1n) is 8.29. The summed E-state index contributed by atoms with van der Waals surface area (Å²) in [6.07, 6.45) is 1.19. The van der Waals surface area contributed by atoms with Gasteiger partial charge in [-0.05, 0) is 30.0 Å². The standard InChI is InChI=1S/C18H18N2O7S/c1-10-8-18(16(23)24,17(25)26-2)20-14(22)13(15(20)28-10)19-12(21)9-27-11-6-4-3-5-7-11/h3-8,13,15H,9H2,1-2H3,(H,19,21)(H,23,24)/t13-,15-,18-/m1/s1. The number of allylic oxidation sites excluding steroid dienone is 1. The lowest BCUT2D eigenvalue weighted by Gasteiger charge is -2.54. The Kier molecular flexibility index (Phi) is 5.32. The fourth-order valence-electron chi connectivity index (χ4n) is 3.13. The Labute approximate surface area is 164 Å². The van der Waals surface area contributed by atoms with Crippen LogP contribution in [-0.4, -0.2) is 64.4 Å². The van der Waals surface area contributed by atoms with Crippen molar-refractivity contribution in [1.82, 2.24) is 10.2 Å². The highest BCUT2D eigenvalue weighted by molar-refractivity contribution is 8.03. The molecule has 3 atom stereocenters. The molecule has 0 aromatic heterocycles. The van der Waals surface area contributed by atoms with Crippen LogP contribution in [0.1, 0.15) is 6.92 Å². The van der Waals surface area contributed by atoms with Gasteiger partial charge >= 0.3 is 11.9 Å². The van der Waals surface area contributed by atoms with E-state index in [0.717, 1.165) is 12.0 Å². The predicted octanol–water partition coefficient (Wildman–Crippen LogP) is 0.365. The van der Waals surface area contributed by atoms with Gasteiger partial charge in [0.1, 0.15) is 17.2 Å². The maximum absolute atomic E-state index is 12.6. The number of carboxylic acid groups (broad SMARTS) is 1. The van der Waals surface area contributed by atoms with Crippen LogP contribution in [0, 0.1) is 0 Å². The molecule has 1 saturated heterocycles. The minimum absolute atomic E-state index is 0.304. The Balaban J connectivity index is 1.73. The molecule has 0 bridgehead atoms. The van der Waals surface area contributed by atoms with E-state index < -0.39 is 40.7 Å². The lowest BCUT2D eigenvalue weighted by atomic mass is 9.89.